The average molecular weight is 301 g/mol. The second-order valence-corrected chi connectivity index (χ2v) is 4.03. The third kappa shape index (κ3) is 3.71. The monoisotopic (exact) mass is 301 g/mol. The van der Waals surface area contributed by atoms with E-state index in [4.69, 9.17) is 0 Å². The molecule has 21 heavy (non-hydrogen) atoms. The van der Waals surface area contributed by atoms with Gasteiger partial charge in [0, 0.05) is 13.6 Å². The number of likely N-dealkylation sites (N-methyl/N-ethyl adjacent to an activating group) is 2. The predicted molar refractivity (Wildman–Crippen MR) is 68.7 cm³/mol. The highest BCUT2D eigenvalue weighted by atomic mass is 19.2. The number of amides is 2. The SMILES string of the molecule is CCN(CC(=O)NC)C(=O)c1cc(F)c(F)cc1[N+](=O)[O-]. The van der Waals surface area contributed by atoms with Gasteiger partial charge < -0.3 is 10.2 Å². The van der Waals surface area contributed by atoms with Gasteiger partial charge in [0.15, 0.2) is 11.6 Å². The van der Waals surface area contributed by atoms with Crippen LogP contribution in [0.25, 0.3) is 0 Å². The molecule has 0 unspecified atom stereocenters. The fraction of sp³-hybridized carbons (Fsp3) is 0.333. The van der Waals surface area contributed by atoms with E-state index >= 15 is 0 Å². The van der Waals surface area contributed by atoms with Gasteiger partial charge >= 0.3 is 0 Å². The average Bonchev–Trinajstić information content (AvgIpc) is 2.45. The first kappa shape index (κ1) is 16.5. The number of halogens is 2. The zero-order valence-corrected chi connectivity index (χ0v) is 11.4. The Morgan fingerprint density at radius 2 is 1.90 bits per heavy atom. The predicted octanol–water partition coefficient (Wildman–Crippen LogP) is 1.08. The van der Waals surface area contributed by atoms with E-state index in [0.29, 0.717) is 12.1 Å². The number of nitro benzene ring substituents is 1. The maximum atomic E-state index is 13.2. The molecule has 0 heterocycles. The van der Waals surface area contributed by atoms with Crippen LogP contribution < -0.4 is 5.32 Å². The van der Waals surface area contributed by atoms with Crippen LogP contribution in [0, 0.1) is 21.7 Å². The summed E-state index contributed by atoms with van der Waals surface area (Å²) in [6, 6.07) is 0.804. The molecule has 0 radical (unpaired) electrons. The third-order valence-corrected chi connectivity index (χ3v) is 2.75. The number of nitro groups is 1. The summed E-state index contributed by atoms with van der Waals surface area (Å²) < 4.78 is 26.3. The summed E-state index contributed by atoms with van der Waals surface area (Å²) in [5, 5.41) is 13.1. The molecule has 7 nitrogen and oxygen atoms in total. The molecule has 1 rings (SSSR count). The number of nitrogens with one attached hydrogen (secondary N) is 1. The summed E-state index contributed by atoms with van der Waals surface area (Å²) >= 11 is 0. The highest BCUT2D eigenvalue weighted by molar-refractivity contribution is 5.99. The Balaban J connectivity index is 3.24. The van der Waals surface area contributed by atoms with Gasteiger partial charge in [-0.1, -0.05) is 0 Å². The maximum Gasteiger partial charge on any atom is 0.285 e. The molecule has 2 amide bonds. The molecule has 0 aliphatic carbocycles. The molecule has 114 valence electrons. The number of hydrogen-bond acceptors (Lipinski definition) is 4. The fourth-order valence-electron chi connectivity index (χ4n) is 1.61. The molecule has 0 fully saturated rings. The van der Waals surface area contributed by atoms with Crippen LogP contribution in [-0.2, 0) is 4.79 Å². The van der Waals surface area contributed by atoms with Crippen molar-refractivity contribution in [3.63, 3.8) is 0 Å². The first-order chi connectivity index (χ1) is 9.81. The van der Waals surface area contributed by atoms with Crippen LogP contribution in [0.5, 0.6) is 0 Å². The van der Waals surface area contributed by atoms with E-state index in [9.17, 15) is 28.5 Å². The smallest absolute Gasteiger partial charge is 0.285 e. The van der Waals surface area contributed by atoms with E-state index in [1.54, 1.807) is 6.92 Å². The highest BCUT2D eigenvalue weighted by Gasteiger charge is 2.27. The van der Waals surface area contributed by atoms with Gasteiger partial charge in [0.05, 0.1) is 17.5 Å². The first-order valence-electron chi connectivity index (χ1n) is 5.95. The molecule has 1 aromatic carbocycles. The van der Waals surface area contributed by atoms with Crippen molar-refractivity contribution in [2.75, 3.05) is 20.1 Å². The first-order valence-corrected chi connectivity index (χ1v) is 5.95. The van der Waals surface area contributed by atoms with Crippen molar-refractivity contribution in [1.29, 1.82) is 0 Å². The van der Waals surface area contributed by atoms with Crippen molar-refractivity contribution in [3.05, 3.63) is 39.4 Å². The van der Waals surface area contributed by atoms with Gasteiger partial charge in [0.2, 0.25) is 5.91 Å². The number of hydrogen-bond donors (Lipinski definition) is 1. The number of benzene rings is 1. The minimum Gasteiger partial charge on any atom is -0.358 e. The topological polar surface area (TPSA) is 92.6 Å². The van der Waals surface area contributed by atoms with Crippen molar-refractivity contribution in [1.82, 2.24) is 10.2 Å². The Bertz CT molecular complexity index is 592. The Labute approximate surface area is 118 Å². The lowest BCUT2D eigenvalue weighted by Gasteiger charge is -2.19. The summed E-state index contributed by atoms with van der Waals surface area (Å²) in [6.45, 7) is 1.27. The van der Waals surface area contributed by atoms with Crippen molar-refractivity contribution in [2.24, 2.45) is 0 Å². The molecule has 0 spiro atoms. The lowest BCUT2D eigenvalue weighted by atomic mass is 10.1. The lowest BCUT2D eigenvalue weighted by Crippen LogP contribution is -2.39. The molecule has 0 atom stereocenters. The van der Waals surface area contributed by atoms with Gasteiger partial charge in [-0.15, -0.1) is 0 Å². The van der Waals surface area contributed by atoms with E-state index in [1.807, 2.05) is 0 Å². The third-order valence-electron chi connectivity index (χ3n) is 2.75. The van der Waals surface area contributed by atoms with Gasteiger partial charge in [0.1, 0.15) is 5.56 Å². The van der Waals surface area contributed by atoms with Crippen LogP contribution in [0.2, 0.25) is 0 Å². The molecule has 1 N–H and O–H groups in total. The van der Waals surface area contributed by atoms with E-state index in [-0.39, 0.29) is 13.1 Å². The summed E-state index contributed by atoms with van der Waals surface area (Å²) in [5.41, 5.74) is -1.46. The van der Waals surface area contributed by atoms with Gasteiger partial charge in [-0.3, -0.25) is 19.7 Å². The summed E-state index contributed by atoms with van der Waals surface area (Å²) in [6.07, 6.45) is 0. The van der Waals surface area contributed by atoms with E-state index < -0.39 is 39.6 Å². The highest BCUT2D eigenvalue weighted by Crippen LogP contribution is 2.23. The molecule has 0 bridgehead atoms. The van der Waals surface area contributed by atoms with Crippen LogP contribution in [0.4, 0.5) is 14.5 Å². The molecule has 0 aliphatic heterocycles. The van der Waals surface area contributed by atoms with Gasteiger partial charge in [0.25, 0.3) is 11.6 Å². The molecule has 0 aliphatic rings. The number of carbonyl (C=O) groups excluding carboxylic acids is 2. The van der Waals surface area contributed by atoms with E-state index in [1.165, 1.54) is 7.05 Å². The minimum absolute atomic E-state index is 0.0718. The summed E-state index contributed by atoms with van der Waals surface area (Å²) in [5.74, 6) is -4.21. The number of rotatable bonds is 5. The van der Waals surface area contributed by atoms with Crippen molar-refractivity contribution in [3.8, 4) is 0 Å². The van der Waals surface area contributed by atoms with Gasteiger partial charge in [-0.2, -0.15) is 0 Å². The molecule has 0 aromatic heterocycles. The van der Waals surface area contributed by atoms with E-state index in [0.717, 1.165) is 4.90 Å². The molecule has 1 aromatic rings. The van der Waals surface area contributed by atoms with Crippen molar-refractivity contribution < 1.29 is 23.3 Å². The van der Waals surface area contributed by atoms with E-state index in [2.05, 4.69) is 5.32 Å². The number of carbonyl (C=O) groups is 2. The van der Waals surface area contributed by atoms with Gasteiger partial charge in [-0.25, -0.2) is 8.78 Å². The molecule has 9 heteroatoms. The summed E-state index contributed by atoms with van der Waals surface area (Å²) in [7, 11) is 1.36. The Kier molecular flexibility index (Phi) is 5.28. The second-order valence-electron chi connectivity index (χ2n) is 4.03. The lowest BCUT2D eigenvalue weighted by molar-refractivity contribution is -0.385. The standard InChI is InChI=1S/C12H13F2N3O4/c1-3-16(6-11(18)15-2)12(19)7-4-8(13)9(14)5-10(7)17(20)21/h4-5H,3,6H2,1-2H3,(H,15,18). The van der Waals surface area contributed by atoms with Crippen LogP contribution >= 0.6 is 0 Å². The molecule has 0 saturated carbocycles. The summed E-state index contributed by atoms with van der Waals surface area (Å²) in [4.78, 5) is 34.3. The maximum absolute atomic E-state index is 13.2. The Morgan fingerprint density at radius 1 is 1.33 bits per heavy atom. The number of nitrogens with zero attached hydrogens (tertiary/aromatic N) is 2. The van der Waals surface area contributed by atoms with Crippen LogP contribution in [0.1, 0.15) is 17.3 Å². The van der Waals surface area contributed by atoms with Gasteiger partial charge in [-0.05, 0) is 13.0 Å². The second kappa shape index (κ2) is 6.73. The van der Waals surface area contributed by atoms with Crippen molar-refractivity contribution in [2.45, 2.75) is 6.92 Å². The molecular weight excluding hydrogens is 288 g/mol. The van der Waals surface area contributed by atoms with Crippen LogP contribution in [-0.4, -0.2) is 41.8 Å². The molecular formula is C12H13F2N3O4. The Morgan fingerprint density at radius 3 is 2.38 bits per heavy atom. The van der Waals surface area contributed by atoms with Crippen LogP contribution in [0.3, 0.4) is 0 Å². The zero-order chi connectivity index (χ0) is 16.2. The quantitative estimate of drug-likeness (QED) is 0.650. The normalized spacial score (nSPS) is 10.1. The zero-order valence-electron chi connectivity index (χ0n) is 11.4. The minimum atomic E-state index is -1.42. The largest absolute Gasteiger partial charge is 0.358 e. The van der Waals surface area contributed by atoms with Crippen LogP contribution in [0.15, 0.2) is 12.1 Å². The molecule has 0 saturated heterocycles. The van der Waals surface area contributed by atoms with Crippen molar-refractivity contribution >= 4 is 17.5 Å². The fourth-order valence-corrected chi connectivity index (χ4v) is 1.61. The Hall–Kier alpha value is -2.58.